The molecule has 0 N–H and O–H groups in total. The van der Waals surface area contributed by atoms with Crippen molar-refractivity contribution in [2.75, 3.05) is 11.4 Å². The summed E-state index contributed by atoms with van der Waals surface area (Å²) in [5, 5.41) is 9.23. The van der Waals surface area contributed by atoms with Gasteiger partial charge in [-0.15, -0.1) is 10.2 Å². The maximum Gasteiger partial charge on any atom is 0.209 e. The molecule has 0 bridgehead atoms. The molecule has 0 fully saturated rings. The Hall–Kier alpha value is -0.940. The van der Waals surface area contributed by atoms with Crippen molar-refractivity contribution in [2.24, 2.45) is 0 Å². The van der Waals surface area contributed by atoms with E-state index in [0.29, 0.717) is 0 Å². The summed E-state index contributed by atoms with van der Waals surface area (Å²) in [6.45, 7) is 1.99. The summed E-state index contributed by atoms with van der Waals surface area (Å²) in [4.78, 5) is 2.31. The predicted octanol–water partition coefficient (Wildman–Crippen LogP) is 3.25. The lowest BCUT2D eigenvalue weighted by molar-refractivity contribution is 0.756. The fourth-order valence-corrected chi connectivity index (χ4v) is 3.30. The van der Waals surface area contributed by atoms with Crippen LogP contribution in [0.3, 0.4) is 0 Å². The highest BCUT2D eigenvalue weighted by Crippen LogP contribution is 2.28. The summed E-state index contributed by atoms with van der Waals surface area (Å²) in [5.74, 6) is 0. The fraction of sp³-hybridized carbons (Fsp3) is 0.333. The van der Waals surface area contributed by atoms with Gasteiger partial charge in [0.05, 0.1) is 0 Å². The van der Waals surface area contributed by atoms with E-state index in [9.17, 15) is 0 Å². The third-order valence-corrected chi connectivity index (χ3v) is 4.43. The van der Waals surface area contributed by atoms with Gasteiger partial charge in [-0.1, -0.05) is 35.6 Å². The zero-order chi connectivity index (χ0) is 11.7. The highest BCUT2D eigenvalue weighted by molar-refractivity contribution is 9.11. The van der Waals surface area contributed by atoms with Crippen LogP contribution in [0.2, 0.25) is 0 Å². The summed E-state index contributed by atoms with van der Waals surface area (Å²) >= 11 is 4.97. The number of hydrogen-bond donors (Lipinski definition) is 0. The largest absolute Gasteiger partial charge is 0.342 e. The smallest absolute Gasteiger partial charge is 0.209 e. The van der Waals surface area contributed by atoms with E-state index in [0.717, 1.165) is 28.6 Å². The molecule has 0 radical (unpaired) electrons. The Kier molecular flexibility index (Phi) is 3.11. The lowest BCUT2D eigenvalue weighted by atomic mass is 10.0. The van der Waals surface area contributed by atoms with Crippen LogP contribution in [0.4, 0.5) is 5.13 Å². The number of benzene rings is 1. The van der Waals surface area contributed by atoms with Crippen LogP contribution in [0.15, 0.2) is 28.2 Å². The van der Waals surface area contributed by atoms with Gasteiger partial charge in [0, 0.05) is 13.1 Å². The van der Waals surface area contributed by atoms with Crippen molar-refractivity contribution in [3.05, 3.63) is 39.3 Å². The molecule has 0 saturated carbocycles. The Morgan fingerprint density at radius 2 is 2.00 bits per heavy atom. The summed E-state index contributed by atoms with van der Waals surface area (Å²) < 4.78 is 0.852. The maximum atomic E-state index is 4.20. The van der Waals surface area contributed by atoms with Gasteiger partial charge in [0.1, 0.15) is 0 Å². The standard InChI is InChI=1S/C12H12BrN3S/c13-11-14-15-12(17-11)16-7-3-6-9-4-1-2-5-10(9)8-16/h1-2,4-5H,3,6-8H2. The number of hydrogen-bond acceptors (Lipinski definition) is 4. The van der Waals surface area contributed by atoms with E-state index < -0.39 is 0 Å². The second kappa shape index (κ2) is 4.74. The van der Waals surface area contributed by atoms with Crippen molar-refractivity contribution in [3.8, 4) is 0 Å². The van der Waals surface area contributed by atoms with Crippen molar-refractivity contribution in [1.29, 1.82) is 0 Å². The van der Waals surface area contributed by atoms with Crippen LogP contribution in [-0.2, 0) is 13.0 Å². The van der Waals surface area contributed by atoms with Crippen LogP contribution in [0.5, 0.6) is 0 Å². The molecule has 3 rings (SSSR count). The second-order valence-electron chi connectivity index (χ2n) is 4.13. The first-order valence-electron chi connectivity index (χ1n) is 5.63. The zero-order valence-corrected chi connectivity index (χ0v) is 11.7. The lowest BCUT2D eigenvalue weighted by Gasteiger charge is -2.18. The molecule has 1 aromatic carbocycles. The highest BCUT2D eigenvalue weighted by atomic mass is 79.9. The minimum Gasteiger partial charge on any atom is -0.342 e. The van der Waals surface area contributed by atoms with Crippen LogP contribution in [0, 0.1) is 0 Å². The number of rotatable bonds is 1. The zero-order valence-electron chi connectivity index (χ0n) is 9.27. The van der Waals surface area contributed by atoms with Gasteiger partial charge in [0.2, 0.25) is 5.13 Å². The van der Waals surface area contributed by atoms with Crippen LogP contribution in [0.1, 0.15) is 17.5 Å². The van der Waals surface area contributed by atoms with Crippen LogP contribution in [0.25, 0.3) is 0 Å². The topological polar surface area (TPSA) is 29.0 Å². The minimum atomic E-state index is 0.852. The van der Waals surface area contributed by atoms with E-state index in [1.165, 1.54) is 17.5 Å². The van der Waals surface area contributed by atoms with Crippen LogP contribution < -0.4 is 4.90 Å². The molecule has 3 nitrogen and oxygen atoms in total. The highest BCUT2D eigenvalue weighted by Gasteiger charge is 2.17. The molecule has 0 aliphatic carbocycles. The van der Waals surface area contributed by atoms with Crippen molar-refractivity contribution in [2.45, 2.75) is 19.4 Å². The molecule has 0 atom stereocenters. The van der Waals surface area contributed by atoms with Gasteiger partial charge >= 0.3 is 0 Å². The quantitative estimate of drug-likeness (QED) is 0.809. The van der Waals surface area contributed by atoms with Crippen molar-refractivity contribution >= 4 is 32.4 Å². The molecule has 0 spiro atoms. The molecule has 2 aromatic rings. The van der Waals surface area contributed by atoms with Gasteiger partial charge in [-0.25, -0.2) is 0 Å². The van der Waals surface area contributed by atoms with E-state index in [4.69, 9.17) is 0 Å². The lowest BCUT2D eigenvalue weighted by Crippen LogP contribution is -2.22. The van der Waals surface area contributed by atoms with Gasteiger partial charge in [0.15, 0.2) is 3.92 Å². The van der Waals surface area contributed by atoms with E-state index in [1.807, 2.05) is 0 Å². The van der Waals surface area contributed by atoms with Crippen molar-refractivity contribution in [3.63, 3.8) is 0 Å². The van der Waals surface area contributed by atoms with Gasteiger partial charge in [-0.3, -0.25) is 0 Å². The van der Waals surface area contributed by atoms with E-state index in [2.05, 4.69) is 55.3 Å². The summed E-state index contributed by atoms with van der Waals surface area (Å²) in [5.41, 5.74) is 2.88. The molecule has 88 valence electrons. The number of anilines is 1. The number of fused-ring (bicyclic) bond motifs is 1. The number of halogens is 1. The first-order valence-corrected chi connectivity index (χ1v) is 7.24. The molecule has 5 heteroatoms. The van der Waals surface area contributed by atoms with E-state index in [1.54, 1.807) is 11.3 Å². The minimum absolute atomic E-state index is 0.852. The molecule has 1 aromatic heterocycles. The Balaban J connectivity index is 1.90. The van der Waals surface area contributed by atoms with Gasteiger partial charge in [-0.2, -0.15) is 0 Å². The Morgan fingerprint density at radius 3 is 2.76 bits per heavy atom. The number of aromatic nitrogens is 2. The van der Waals surface area contributed by atoms with Gasteiger partial charge in [-0.05, 0) is 39.9 Å². The average Bonchev–Trinajstić information content (AvgIpc) is 2.65. The predicted molar refractivity (Wildman–Crippen MR) is 73.4 cm³/mol. The Labute approximate surface area is 113 Å². The first kappa shape index (κ1) is 11.2. The summed E-state index contributed by atoms with van der Waals surface area (Å²) in [7, 11) is 0. The third-order valence-electron chi connectivity index (χ3n) is 3.01. The van der Waals surface area contributed by atoms with E-state index in [-0.39, 0.29) is 0 Å². The van der Waals surface area contributed by atoms with Crippen LogP contribution >= 0.6 is 27.3 Å². The molecule has 0 saturated heterocycles. The van der Waals surface area contributed by atoms with Gasteiger partial charge in [0.25, 0.3) is 0 Å². The number of aryl methyl sites for hydroxylation is 1. The average molecular weight is 310 g/mol. The molecular weight excluding hydrogens is 298 g/mol. The van der Waals surface area contributed by atoms with Crippen molar-refractivity contribution in [1.82, 2.24) is 10.2 Å². The summed E-state index contributed by atoms with van der Waals surface area (Å²) in [6, 6.07) is 8.67. The van der Waals surface area contributed by atoms with Crippen LogP contribution in [-0.4, -0.2) is 16.7 Å². The molecular formula is C12H12BrN3S. The monoisotopic (exact) mass is 309 g/mol. The SMILES string of the molecule is Brc1nnc(N2CCCc3ccccc3C2)s1. The molecule has 2 heterocycles. The van der Waals surface area contributed by atoms with Crippen molar-refractivity contribution < 1.29 is 0 Å². The maximum absolute atomic E-state index is 4.20. The Bertz CT molecular complexity index is 526. The van der Waals surface area contributed by atoms with E-state index >= 15 is 0 Å². The molecule has 0 unspecified atom stereocenters. The van der Waals surface area contributed by atoms with Gasteiger partial charge < -0.3 is 4.90 Å². The molecule has 0 amide bonds. The Morgan fingerprint density at radius 1 is 1.18 bits per heavy atom. The first-order chi connectivity index (χ1) is 8.33. The summed E-state index contributed by atoms with van der Waals surface area (Å²) in [6.07, 6.45) is 2.33. The molecule has 1 aliphatic heterocycles. The third kappa shape index (κ3) is 2.35. The second-order valence-corrected chi connectivity index (χ2v) is 6.36. The molecule has 1 aliphatic rings. The normalized spacial score (nSPS) is 15.5. The number of nitrogens with zero attached hydrogens (tertiary/aromatic N) is 3. The fourth-order valence-electron chi connectivity index (χ4n) is 2.19. The molecule has 17 heavy (non-hydrogen) atoms.